The van der Waals surface area contributed by atoms with Crippen molar-refractivity contribution < 1.29 is 9.13 Å². The van der Waals surface area contributed by atoms with Gasteiger partial charge >= 0.3 is 0 Å². The smallest absolute Gasteiger partial charge is 0.165 e. The Balaban J connectivity index is 2.52. The van der Waals surface area contributed by atoms with Gasteiger partial charge in [-0.2, -0.15) is 0 Å². The number of methoxy groups -OCH3 is 1. The molecule has 1 unspecified atom stereocenters. The quantitative estimate of drug-likeness (QED) is 0.700. The molecular weight excluding hydrogens is 215 g/mol. The van der Waals surface area contributed by atoms with Crippen LogP contribution in [0.5, 0.6) is 5.75 Å². The van der Waals surface area contributed by atoms with Crippen LogP contribution in [0.4, 0.5) is 4.39 Å². The normalized spacial score (nSPS) is 12.5. The molecule has 84 valence electrons. The van der Waals surface area contributed by atoms with Gasteiger partial charge in [-0.25, -0.2) is 4.39 Å². The third-order valence-corrected chi connectivity index (χ3v) is 2.50. The van der Waals surface area contributed by atoms with Crippen molar-refractivity contribution in [3.05, 3.63) is 29.6 Å². The SMILES string of the molecule is COc1ccc(CCCC(C)Cl)cc1F. The van der Waals surface area contributed by atoms with Crippen molar-refractivity contribution in [2.45, 2.75) is 31.6 Å². The summed E-state index contributed by atoms with van der Waals surface area (Å²) in [5.74, 6) is -0.00150. The zero-order valence-electron chi connectivity index (χ0n) is 9.09. The Morgan fingerprint density at radius 3 is 2.73 bits per heavy atom. The van der Waals surface area contributed by atoms with E-state index in [1.807, 2.05) is 13.0 Å². The van der Waals surface area contributed by atoms with E-state index in [2.05, 4.69) is 0 Å². The minimum Gasteiger partial charge on any atom is -0.494 e. The summed E-state index contributed by atoms with van der Waals surface area (Å²) in [6.07, 6.45) is 2.80. The maximum atomic E-state index is 13.3. The van der Waals surface area contributed by atoms with Crippen molar-refractivity contribution in [2.24, 2.45) is 0 Å². The molecule has 0 N–H and O–H groups in total. The molecule has 0 aliphatic rings. The van der Waals surface area contributed by atoms with E-state index in [4.69, 9.17) is 16.3 Å². The number of rotatable bonds is 5. The van der Waals surface area contributed by atoms with Gasteiger partial charge in [0.2, 0.25) is 0 Å². The molecule has 1 atom stereocenters. The van der Waals surface area contributed by atoms with Crippen molar-refractivity contribution >= 4 is 11.6 Å². The zero-order chi connectivity index (χ0) is 11.3. The predicted molar refractivity (Wildman–Crippen MR) is 61.2 cm³/mol. The third-order valence-electron chi connectivity index (χ3n) is 2.28. The Hall–Kier alpha value is -0.760. The van der Waals surface area contributed by atoms with Crippen LogP contribution in [-0.2, 0) is 6.42 Å². The van der Waals surface area contributed by atoms with Gasteiger partial charge in [0.05, 0.1) is 7.11 Å². The van der Waals surface area contributed by atoms with Crippen LogP contribution in [0.25, 0.3) is 0 Å². The van der Waals surface area contributed by atoms with Gasteiger partial charge in [0.15, 0.2) is 11.6 Å². The molecule has 0 aromatic heterocycles. The van der Waals surface area contributed by atoms with Crippen molar-refractivity contribution in [3.8, 4) is 5.75 Å². The first-order chi connectivity index (χ1) is 7.13. The number of aryl methyl sites for hydroxylation is 1. The summed E-state index contributed by atoms with van der Waals surface area (Å²) >= 11 is 5.83. The summed E-state index contributed by atoms with van der Waals surface area (Å²) in [5, 5.41) is 0.188. The topological polar surface area (TPSA) is 9.23 Å². The standard InChI is InChI=1S/C12H16ClFO/c1-9(13)4-3-5-10-6-7-12(15-2)11(14)8-10/h6-9H,3-5H2,1-2H3. The van der Waals surface area contributed by atoms with Gasteiger partial charge in [0.25, 0.3) is 0 Å². The maximum Gasteiger partial charge on any atom is 0.165 e. The van der Waals surface area contributed by atoms with Crippen LogP contribution < -0.4 is 4.74 Å². The Morgan fingerprint density at radius 2 is 2.20 bits per heavy atom. The van der Waals surface area contributed by atoms with Gasteiger partial charge in [-0.05, 0) is 43.9 Å². The molecule has 1 rings (SSSR count). The second-order valence-corrected chi connectivity index (χ2v) is 4.39. The van der Waals surface area contributed by atoms with Gasteiger partial charge in [0.1, 0.15) is 0 Å². The summed E-state index contributed by atoms with van der Waals surface area (Å²) < 4.78 is 18.1. The maximum absolute atomic E-state index is 13.3. The Bertz CT molecular complexity index is 312. The van der Waals surface area contributed by atoms with E-state index >= 15 is 0 Å². The van der Waals surface area contributed by atoms with E-state index < -0.39 is 0 Å². The van der Waals surface area contributed by atoms with Crippen LogP contribution >= 0.6 is 11.6 Å². The summed E-state index contributed by atoms with van der Waals surface area (Å²) in [5.41, 5.74) is 0.991. The Labute approximate surface area is 95.2 Å². The molecule has 0 amide bonds. The van der Waals surface area contributed by atoms with Gasteiger partial charge in [0, 0.05) is 5.38 Å². The first-order valence-electron chi connectivity index (χ1n) is 5.10. The summed E-state index contributed by atoms with van der Waals surface area (Å²) in [6, 6.07) is 5.08. The van der Waals surface area contributed by atoms with Crippen LogP contribution in [-0.4, -0.2) is 12.5 Å². The lowest BCUT2D eigenvalue weighted by Crippen LogP contribution is -1.95. The van der Waals surface area contributed by atoms with E-state index in [0.717, 1.165) is 24.8 Å². The number of ether oxygens (including phenoxy) is 1. The van der Waals surface area contributed by atoms with Crippen molar-refractivity contribution in [3.63, 3.8) is 0 Å². The van der Waals surface area contributed by atoms with Gasteiger partial charge < -0.3 is 4.74 Å². The molecular formula is C12H16ClFO. The third kappa shape index (κ3) is 4.08. The molecule has 0 saturated carbocycles. The minimum absolute atomic E-state index is 0.188. The number of benzene rings is 1. The molecule has 0 aliphatic heterocycles. The first kappa shape index (κ1) is 12.3. The van der Waals surface area contributed by atoms with E-state index in [0.29, 0.717) is 5.75 Å². The summed E-state index contributed by atoms with van der Waals surface area (Å²) in [6.45, 7) is 1.97. The minimum atomic E-state index is -0.297. The molecule has 1 aromatic rings. The highest BCUT2D eigenvalue weighted by Gasteiger charge is 2.03. The number of hydrogen-bond donors (Lipinski definition) is 0. The molecule has 0 fully saturated rings. The Kier molecular flexibility index (Phi) is 4.89. The molecule has 0 bridgehead atoms. The fourth-order valence-corrected chi connectivity index (χ4v) is 1.61. The second kappa shape index (κ2) is 5.96. The first-order valence-corrected chi connectivity index (χ1v) is 5.53. The van der Waals surface area contributed by atoms with Crippen LogP contribution in [0.15, 0.2) is 18.2 Å². The number of hydrogen-bond acceptors (Lipinski definition) is 1. The van der Waals surface area contributed by atoms with Gasteiger partial charge in [-0.15, -0.1) is 11.6 Å². The van der Waals surface area contributed by atoms with Crippen LogP contribution in [0.2, 0.25) is 0 Å². The molecule has 3 heteroatoms. The fourth-order valence-electron chi connectivity index (χ4n) is 1.45. The molecule has 1 nitrogen and oxygen atoms in total. The number of halogens is 2. The highest BCUT2D eigenvalue weighted by Crippen LogP contribution is 2.19. The molecule has 0 radical (unpaired) electrons. The van der Waals surface area contributed by atoms with Crippen molar-refractivity contribution in [1.29, 1.82) is 0 Å². The highest BCUT2D eigenvalue weighted by atomic mass is 35.5. The van der Waals surface area contributed by atoms with Crippen molar-refractivity contribution in [2.75, 3.05) is 7.11 Å². The zero-order valence-corrected chi connectivity index (χ0v) is 9.85. The van der Waals surface area contributed by atoms with E-state index in [1.54, 1.807) is 6.07 Å². The molecule has 0 aliphatic carbocycles. The molecule has 0 spiro atoms. The average Bonchev–Trinajstić information content (AvgIpc) is 2.17. The molecule has 1 aromatic carbocycles. The second-order valence-electron chi connectivity index (χ2n) is 3.64. The van der Waals surface area contributed by atoms with Gasteiger partial charge in [-0.3, -0.25) is 0 Å². The fraction of sp³-hybridized carbons (Fsp3) is 0.500. The molecule has 15 heavy (non-hydrogen) atoms. The monoisotopic (exact) mass is 230 g/mol. The average molecular weight is 231 g/mol. The largest absolute Gasteiger partial charge is 0.494 e. The summed E-state index contributed by atoms with van der Waals surface area (Å²) in [7, 11) is 1.47. The molecule has 0 saturated heterocycles. The van der Waals surface area contributed by atoms with Crippen LogP contribution in [0.3, 0.4) is 0 Å². The lowest BCUT2D eigenvalue weighted by atomic mass is 10.1. The highest BCUT2D eigenvalue weighted by molar-refractivity contribution is 6.20. The van der Waals surface area contributed by atoms with E-state index in [-0.39, 0.29) is 11.2 Å². The van der Waals surface area contributed by atoms with E-state index in [1.165, 1.54) is 13.2 Å². The Morgan fingerprint density at radius 1 is 1.47 bits per heavy atom. The predicted octanol–water partition coefficient (Wildman–Crippen LogP) is 3.78. The van der Waals surface area contributed by atoms with Crippen LogP contribution in [0.1, 0.15) is 25.3 Å². The number of alkyl halides is 1. The molecule has 0 heterocycles. The summed E-state index contributed by atoms with van der Waals surface area (Å²) in [4.78, 5) is 0. The lowest BCUT2D eigenvalue weighted by molar-refractivity contribution is 0.386. The van der Waals surface area contributed by atoms with Crippen LogP contribution in [0, 0.1) is 5.82 Å². The van der Waals surface area contributed by atoms with E-state index in [9.17, 15) is 4.39 Å². The van der Waals surface area contributed by atoms with Gasteiger partial charge in [-0.1, -0.05) is 6.07 Å². The lowest BCUT2D eigenvalue weighted by Gasteiger charge is -2.06. The van der Waals surface area contributed by atoms with Crippen molar-refractivity contribution in [1.82, 2.24) is 0 Å².